The molecule has 9 heteroatoms. The van der Waals surface area contributed by atoms with Gasteiger partial charge in [0, 0.05) is 52.2 Å². The van der Waals surface area contributed by atoms with Gasteiger partial charge in [-0.2, -0.15) is 0 Å². The highest BCUT2D eigenvalue weighted by atomic mass is 35.5. The van der Waals surface area contributed by atoms with Gasteiger partial charge in [0.25, 0.3) is 5.69 Å². The van der Waals surface area contributed by atoms with Gasteiger partial charge in [0.15, 0.2) is 5.78 Å². The number of nitrogens with zero attached hydrogens (tertiary/aromatic N) is 3. The third-order valence-corrected chi connectivity index (χ3v) is 6.59. The molecule has 2 heterocycles. The molecule has 1 aromatic carbocycles. The first kappa shape index (κ1) is 23.8. The van der Waals surface area contributed by atoms with Gasteiger partial charge < -0.3 is 5.32 Å². The average molecular weight is 481 g/mol. The van der Waals surface area contributed by atoms with Crippen molar-refractivity contribution in [3.8, 4) is 0 Å². The predicted octanol–water partition coefficient (Wildman–Crippen LogP) is 5.41. The molecule has 1 aromatic heterocycles. The number of anilines is 1. The zero-order valence-corrected chi connectivity index (χ0v) is 20.1. The number of non-ortho nitro benzene ring substituents is 1. The van der Waals surface area contributed by atoms with Crippen LogP contribution in [0.25, 0.3) is 0 Å². The normalized spacial score (nSPS) is 21.6. The summed E-state index contributed by atoms with van der Waals surface area (Å²) in [5, 5.41) is 14.6. The molecule has 1 N–H and O–H groups in total. The number of halogens is 1. The monoisotopic (exact) mass is 480 g/mol. The van der Waals surface area contributed by atoms with E-state index in [0.717, 1.165) is 5.69 Å². The van der Waals surface area contributed by atoms with E-state index in [1.165, 1.54) is 18.2 Å². The van der Waals surface area contributed by atoms with Crippen molar-refractivity contribution in [2.45, 2.75) is 46.5 Å². The van der Waals surface area contributed by atoms with Crippen LogP contribution in [0.1, 0.15) is 50.8 Å². The number of nitrogens with one attached hydrogen (secondary N) is 1. The fraction of sp³-hybridized carbons (Fsp3) is 0.360. The third-order valence-electron chi connectivity index (χ3n) is 6.25. The third kappa shape index (κ3) is 4.50. The zero-order chi connectivity index (χ0) is 24.8. The van der Waals surface area contributed by atoms with Gasteiger partial charge in [-0.1, -0.05) is 31.5 Å². The number of Topliss-reactive ketones (excluding diaryl/α,β-unsaturated/α-hetero) is 1. The van der Waals surface area contributed by atoms with Gasteiger partial charge in [-0.05, 0) is 49.4 Å². The molecule has 1 unspecified atom stereocenters. The lowest BCUT2D eigenvalue weighted by Crippen LogP contribution is -2.41. The van der Waals surface area contributed by atoms with Gasteiger partial charge in [-0.15, -0.1) is 0 Å². The summed E-state index contributed by atoms with van der Waals surface area (Å²) in [4.78, 5) is 47.0. The summed E-state index contributed by atoms with van der Waals surface area (Å²) >= 11 is 6.53. The maximum absolute atomic E-state index is 13.6. The Morgan fingerprint density at radius 2 is 1.94 bits per heavy atom. The summed E-state index contributed by atoms with van der Waals surface area (Å²) in [5.74, 6) is -1.84. The lowest BCUT2D eigenvalue weighted by molar-refractivity contribution is -0.384. The number of hydrogen-bond donors (Lipinski definition) is 1. The first-order valence-electron chi connectivity index (χ1n) is 11.0. The van der Waals surface area contributed by atoms with E-state index in [-0.39, 0.29) is 28.3 Å². The molecular weight excluding hydrogens is 456 g/mol. The fourth-order valence-electron chi connectivity index (χ4n) is 4.82. The minimum Gasteiger partial charge on any atom is -0.310 e. The van der Waals surface area contributed by atoms with Crippen LogP contribution >= 0.6 is 11.6 Å². The molecule has 0 bridgehead atoms. The summed E-state index contributed by atoms with van der Waals surface area (Å²) in [7, 11) is 0. The maximum atomic E-state index is 13.6. The van der Waals surface area contributed by atoms with Crippen molar-refractivity contribution in [2.24, 2.45) is 16.3 Å². The molecule has 1 aliphatic heterocycles. The zero-order valence-electron chi connectivity index (χ0n) is 19.4. The molecular formula is C25H25ClN4O4. The summed E-state index contributed by atoms with van der Waals surface area (Å²) < 4.78 is 0. The highest BCUT2D eigenvalue weighted by molar-refractivity contribution is 6.31. The standard InChI is InChI=1S/C25H25ClN4O4/c1-13-6-5-7-20(27-13)29-24(32)21-14(2)28-18-11-25(3,4)12-19(31)23(18)22(21)16-10-15(30(33)34)8-9-17(16)26/h5-10,21-22H,11-12H2,1-4H3,(H,27,29,32)/t21?,22-/m0/s1. The maximum Gasteiger partial charge on any atom is 0.269 e. The predicted molar refractivity (Wildman–Crippen MR) is 130 cm³/mol. The average Bonchev–Trinajstić information content (AvgIpc) is 2.71. The van der Waals surface area contributed by atoms with Crippen molar-refractivity contribution in [1.29, 1.82) is 0 Å². The molecule has 0 fully saturated rings. The Bertz CT molecular complexity index is 1280. The van der Waals surface area contributed by atoms with E-state index in [2.05, 4.69) is 10.3 Å². The van der Waals surface area contributed by atoms with Gasteiger partial charge in [0.05, 0.1) is 10.8 Å². The number of amides is 1. The van der Waals surface area contributed by atoms with Crippen molar-refractivity contribution in [2.75, 3.05) is 5.32 Å². The Balaban J connectivity index is 1.87. The number of nitro benzene ring substituents is 1. The van der Waals surface area contributed by atoms with Crippen LogP contribution in [0, 0.1) is 28.4 Å². The molecule has 1 amide bonds. The Morgan fingerprint density at radius 1 is 1.21 bits per heavy atom. The van der Waals surface area contributed by atoms with E-state index in [4.69, 9.17) is 16.6 Å². The molecule has 2 atom stereocenters. The number of pyridine rings is 1. The molecule has 8 nitrogen and oxygen atoms in total. The van der Waals surface area contributed by atoms with E-state index in [0.29, 0.717) is 34.8 Å². The van der Waals surface area contributed by atoms with E-state index < -0.39 is 22.7 Å². The molecule has 1 aliphatic carbocycles. The van der Waals surface area contributed by atoms with Crippen molar-refractivity contribution >= 4 is 40.5 Å². The summed E-state index contributed by atoms with van der Waals surface area (Å²) in [6.45, 7) is 7.55. The van der Waals surface area contributed by atoms with Crippen molar-refractivity contribution in [3.05, 3.63) is 74.1 Å². The van der Waals surface area contributed by atoms with Gasteiger partial charge in [-0.3, -0.25) is 24.7 Å². The number of carbonyl (C=O) groups excluding carboxylic acids is 2. The number of nitro groups is 1. The molecule has 2 aliphatic rings. The molecule has 4 rings (SSSR count). The van der Waals surface area contributed by atoms with E-state index in [1.54, 1.807) is 19.1 Å². The number of aliphatic imine (C=N–C) groups is 1. The van der Waals surface area contributed by atoms with Crippen LogP contribution in [0.4, 0.5) is 11.5 Å². The molecule has 0 saturated carbocycles. The SMILES string of the molecule is CC1=NC2=C(C(=O)CC(C)(C)C2)[C@@H](c2cc([N+](=O)[O-])ccc2Cl)C1C(=O)Nc1cccc(C)n1. The van der Waals surface area contributed by atoms with Crippen molar-refractivity contribution in [1.82, 2.24) is 4.98 Å². The van der Waals surface area contributed by atoms with Crippen LogP contribution in [0.5, 0.6) is 0 Å². The van der Waals surface area contributed by atoms with Crippen molar-refractivity contribution < 1.29 is 14.5 Å². The van der Waals surface area contributed by atoms with Crippen LogP contribution in [-0.4, -0.2) is 27.3 Å². The van der Waals surface area contributed by atoms with Gasteiger partial charge >= 0.3 is 0 Å². The first-order valence-corrected chi connectivity index (χ1v) is 11.3. The number of carbonyl (C=O) groups is 2. The number of allylic oxidation sites excluding steroid dienone is 2. The summed E-state index contributed by atoms with van der Waals surface area (Å²) in [6, 6.07) is 9.37. The number of aryl methyl sites for hydroxylation is 1. The van der Waals surface area contributed by atoms with Crippen LogP contribution in [0.3, 0.4) is 0 Å². The lowest BCUT2D eigenvalue weighted by atomic mass is 9.66. The smallest absolute Gasteiger partial charge is 0.269 e. The number of hydrogen-bond acceptors (Lipinski definition) is 6. The topological polar surface area (TPSA) is 115 Å². The Hall–Kier alpha value is -3.39. The Labute approximate surface area is 202 Å². The molecule has 0 saturated heterocycles. The molecule has 2 aromatic rings. The minimum atomic E-state index is -0.884. The number of benzene rings is 1. The van der Waals surface area contributed by atoms with Crippen LogP contribution < -0.4 is 5.32 Å². The second kappa shape index (κ2) is 8.76. The van der Waals surface area contributed by atoms with Crippen molar-refractivity contribution in [3.63, 3.8) is 0 Å². The van der Waals surface area contributed by atoms with Gasteiger partial charge in [-0.25, -0.2) is 4.98 Å². The quantitative estimate of drug-likeness (QED) is 0.464. The highest BCUT2D eigenvalue weighted by Crippen LogP contribution is 2.49. The van der Waals surface area contributed by atoms with Gasteiger partial charge in [0.1, 0.15) is 5.82 Å². The fourth-order valence-corrected chi connectivity index (χ4v) is 5.06. The lowest BCUT2D eigenvalue weighted by Gasteiger charge is -2.39. The summed E-state index contributed by atoms with van der Waals surface area (Å²) in [5.41, 5.74) is 2.19. The molecule has 0 radical (unpaired) electrons. The number of ketones is 1. The molecule has 0 spiro atoms. The van der Waals surface area contributed by atoms with E-state index >= 15 is 0 Å². The number of aromatic nitrogens is 1. The first-order chi connectivity index (χ1) is 16.0. The van der Waals surface area contributed by atoms with Crippen LogP contribution in [0.2, 0.25) is 5.02 Å². The number of rotatable bonds is 4. The van der Waals surface area contributed by atoms with Crippen LogP contribution in [-0.2, 0) is 9.59 Å². The Morgan fingerprint density at radius 3 is 2.62 bits per heavy atom. The Kier molecular flexibility index (Phi) is 6.12. The summed E-state index contributed by atoms with van der Waals surface area (Å²) in [6.07, 6.45) is 0.847. The van der Waals surface area contributed by atoms with Crippen LogP contribution in [0.15, 0.2) is 52.7 Å². The largest absolute Gasteiger partial charge is 0.310 e. The van der Waals surface area contributed by atoms with Gasteiger partial charge in [0.2, 0.25) is 5.91 Å². The minimum absolute atomic E-state index is 0.124. The molecule has 34 heavy (non-hydrogen) atoms. The second-order valence-corrected chi connectivity index (χ2v) is 10.0. The molecule has 176 valence electrons. The van der Waals surface area contributed by atoms with E-state index in [9.17, 15) is 19.7 Å². The van der Waals surface area contributed by atoms with E-state index in [1.807, 2.05) is 26.8 Å². The highest BCUT2D eigenvalue weighted by Gasteiger charge is 2.46. The second-order valence-electron chi connectivity index (χ2n) is 9.63.